The molecule has 19 heavy (non-hydrogen) atoms. The lowest BCUT2D eigenvalue weighted by Gasteiger charge is -2.31. The quantitative estimate of drug-likeness (QED) is 0.571. The summed E-state index contributed by atoms with van der Waals surface area (Å²) in [6.45, 7) is 3.04. The highest BCUT2D eigenvalue weighted by Gasteiger charge is 2.78. The van der Waals surface area contributed by atoms with Gasteiger partial charge in [-0.2, -0.15) is 26.3 Å². The monoisotopic (exact) mass is 294 g/mol. The maximum atomic E-state index is 12.7. The molecule has 0 N–H and O–H groups in total. The molecule has 0 aromatic carbocycles. The van der Waals surface area contributed by atoms with E-state index in [-0.39, 0.29) is 6.42 Å². The Morgan fingerprint density at radius 3 is 1.84 bits per heavy atom. The highest BCUT2D eigenvalue weighted by Crippen LogP contribution is 2.52. The normalized spacial score (nSPS) is 27.8. The second-order valence-corrected chi connectivity index (χ2v) is 4.59. The van der Waals surface area contributed by atoms with Crippen molar-refractivity contribution in [2.45, 2.75) is 69.9 Å². The van der Waals surface area contributed by atoms with Gasteiger partial charge in [0.1, 0.15) is 0 Å². The molecule has 2 nitrogen and oxygen atoms in total. The average molecular weight is 294 g/mol. The highest BCUT2D eigenvalue weighted by atomic mass is 19.4. The van der Waals surface area contributed by atoms with Crippen molar-refractivity contribution in [1.29, 1.82) is 0 Å². The Morgan fingerprint density at radius 1 is 0.947 bits per heavy atom. The van der Waals surface area contributed by atoms with Crippen LogP contribution in [0.4, 0.5) is 26.3 Å². The Morgan fingerprint density at radius 2 is 1.47 bits per heavy atom. The van der Waals surface area contributed by atoms with Crippen LogP contribution in [0.1, 0.15) is 39.5 Å². The number of halogens is 6. The summed E-state index contributed by atoms with van der Waals surface area (Å²) in [7, 11) is 0. The fourth-order valence-corrected chi connectivity index (χ4v) is 1.99. The predicted molar refractivity (Wildman–Crippen MR) is 54.4 cm³/mol. The van der Waals surface area contributed by atoms with Gasteiger partial charge < -0.3 is 9.47 Å². The van der Waals surface area contributed by atoms with Crippen LogP contribution in [-0.4, -0.2) is 30.3 Å². The smallest absolute Gasteiger partial charge is 0.330 e. The summed E-state index contributed by atoms with van der Waals surface area (Å²) < 4.78 is 84.5. The third kappa shape index (κ3) is 3.16. The molecule has 0 spiro atoms. The number of unbranched alkanes of at least 4 members (excludes halogenated alkanes) is 2. The Balaban J connectivity index is 2.87. The summed E-state index contributed by atoms with van der Waals surface area (Å²) >= 11 is 0. The van der Waals surface area contributed by atoms with E-state index >= 15 is 0 Å². The third-order valence-corrected chi connectivity index (χ3v) is 3.03. The van der Waals surface area contributed by atoms with Gasteiger partial charge in [-0.25, -0.2) is 0 Å². The molecule has 0 saturated carbocycles. The van der Waals surface area contributed by atoms with Gasteiger partial charge in [0.25, 0.3) is 0 Å². The summed E-state index contributed by atoms with van der Waals surface area (Å²) in [6.07, 6.45) is -11.6. The molecule has 1 rings (SSSR count). The fourth-order valence-electron chi connectivity index (χ4n) is 1.99. The minimum absolute atomic E-state index is 0.114. The van der Waals surface area contributed by atoms with E-state index in [1.165, 1.54) is 0 Å². The first kappa shape index (κ1) is 16.6. The average Bonchev–Trinajstić information content (AvgIpc) is 2.56. The van der Waals surface area contributed by atoms with Crippen LogP contribution in [0.2, 0.25) is 0 Å². The summed E-state index contributed by atoms with van der Waals surface area (Å²) in [6, 6.07) is 0. The number of hydrogen-bond acceptors (Lipinski definition) is 2. The number of hydrogen-bond donors (Lipinski definition) is 0. The lowest BCUT2D eigenvalue weighted by Crippen LogP contribution is -2.58. The Bertz CT molecular complexity index is 285. The topological polar surface area (TPSA) is 18.5 Å². The molecule has 2 atom stereocenters. The Labute approximate surface area is 107 Å². The van der Waals surface area contributed by atoms with Crippen LogP contribution < -0.4 is 0 Å². The third-order valence-electron chi connectivity index (χ3n) is 3.03. The summed E-state index contributed by atoms with van der Waals surface area (Å²) in [5, 5.41) is 0. The molecule has 0 aromatic rings. The summed E-state index contributed by atoms with van der Waals surface area (Å²) in [5.41, 5.74) is 0. The van der Waals surface area contributed by atoms with Crippen molar-refractivity contribution < 1.29 is 35.8 Å². The van der Waals surface area contributed by atoms with Crippen LogP contribution in [0, 0.1) is 0 Å². The van der Waals surface area contributed by atoms with Crippen LogP contribution in [0.25, 0.3) is 0 Å². The fraction of sp³-hybridized carbons (Fsp3) is 1.00. The van der Waals surface area contributed by atoms with Crippen molar-refractivity contribution in [1.82, 2.24) is 0 Å². The second kappa shape index (κ2) is 5.47. The largest absolute Gasteiger partial charge is 0.453 e. The van der Waals surface area contributed by atoms with Gasteiger partial charge >= 0.3 is 18.1 Å². The molecule has 1 aliphatic rings. The first-order valence-electron chi connectivity index (χ1n) is 6.04. The van der Waals surface area contributed by atoms with E-state index in [4.69, 9.17) is 0 Å². The zero-order valence-electron chi connectivity index (χ0n) is 10.6. The maximum Gasteiger partial charge on any atom is 0.453 e. The van der Waals surface area contributed by atoms with Crippen molar-refractivity contribution in [2.75, 3.05) is 0 Å². The van der Waals surface area contributed by atoms with Gasteiger partial charge in [-0.15, -0.1) is 0 Å². The zero-order valence-corrected chi connectivity index (χ0v) is 10.6. The van der Waals surface area contributed by atoms with Crippen LogP contribution in [-0.2, 0) is 9.47 Å². The van der Waals surface area contributed by atoms with Crippen molar-refractivity contribution in [2.24, 2.45) is 0 Å². The van der Waals surface area contributed by atoms with Crippen molar-refractivity contribution >= 4 is 0 Å². The minimum atomic E-state index is -5.65. The van der Waals surface area contributed by atoms with Gasteiger partial charge in [0.05, 0.1) is 12.2 Å². The van der Waals surface area contributed by atoms with E-state index in [0.29, 0.717) is 6.42 Å². The lowest BCUT2D eigenvalue weighted by molar-refractivity contribution is -0.445. The molecule has 0 amide bonds. The maximum absolute atomic E-state index is 12.7. The van der Waals surface area contributed by atoms with Gasteiger partial charge in [-0.1, -0.05) is 26.2 Å². The van der Waals surface area contributed by atoms with Crippen molar-refractivity contribution in [3.63, 3.8) is 0 Å². The molecule has 2 unspecified atom stereocenters. The van der Waals surface area contributed by atoms with E-state index in [2.05, 4.69) is 9.47 Å². The summed E-state index contributed by atoms with van der Waals surface area (Å²) in [4.78, 5) is 0. The highest BCUT2D eigenvalue weighted by molar-refractivity contribution is 4.95. The molecule has 0 bridgehead atoms. The summed E-state index contributed by atoms with van der Waals surface area (Å²) in [5.74, 6) is -4.49. The first-order chi connectivity index (χ1) is 8.55. The van der Waals surface area contributed by atoms with Crippen LogP contribution in [0.3, 0.4) is 0 Å². The molecule has 8 heteroatoms. The number of ether oxygens (including phenoxy) is 2. The van der Waals surface area contributed by atoms with Gasteiger partial charge in [0, 0.05) is 0 Å². The second-order valence-electron chi connectivity index (χ2n) is 4.59. The van der Waals surface area contributed by atoms with E-state index in [1.807, 2.05) is 6.92 Å². The minimum Gasteiger partial charge on any atom is -0.330 e. The molecule has 0 aliphatic carbocycles. The Kier molecular flexibility index (Phi) is 4.77. The van der Waals surface area contributed by atoms with E-state index in [0.717, 1.165) is 19.8 Å². The molecular formula is C11H16F6O2. The van der Waals surface area contributed by atoms with Gasteiger partial charge in [0.15, 0.2) is 0 Å². The Hall–Kier alpha value is -0.500. The van der Waals surface area contributed by atoms with Gasteiger partial charge in [-0.05, 0) is 13.3 Å². The number of alkyl halides is 6. The zero-order chi connectivity index (χ0) is 14.9. The lowest BCUT2D eigenvalue weighted by atomic mass is 10.1. The standard InChI is InChI=1S/C11H16F6O2/c1-3-4-5-6-8-7(2)18-9(19-8,10(12,13)14)11(15,16)17/h7-8H,3-6H2,1-2H3. The molecule has 0 aromatic heterocycles. The van der Waals surface area contributed by atoms with Crippen LogP contribution in [0.5, 0.6) is 0 Å². The van der Waals surface area contributed by atoms with E-state index < -0.39 is 30.3 Å². The molecular weight excluding hydrogens is 278 g/mol. The SMILES string of the molecule is CCCCCC1OC(C(F)(F)F)(C(F)(F)F)OC1C. The predicted octanol–water partition coefficient (Wildman–Crippen LogP) is 4.19. The van der Waals surface area contributed by atoms with E-state index in [1.54, 1.807) is 0 Å². The molecule has 1 fully saturated rings. The van der Waals surface area contributed by atoms with E-state index in [9.17, 15) is 26.3 Å². The number of rotatable bonds is 4. The van der Waals surface area contributed by atoms with Crippen LogP contribution in [0.15, 0.2) is 0 Å². The van der Waals surface area contributed by atoms with Crippen LogP contribution >= 0.6 is 0 Å². The first-order valence-corrected chi connectivity index (χ1v) is 6.04. The van der Waals surface area contributed by atoms with Crippen molar-refractivity contribution in [3.05, 3.63) is 0 Å². The van der Waals surface area contributed by atoms with Gasteiger partial charge in [0.2, 0.25) is 0 Å². The molecule has 0 radical (unpaired) electrons. The molecule has 1 heterocycles. The van der Waals surface area contributed by atoms with Crippen molar-refractivity contribution in [3.8, 4) is 0 Å². The van der Waals surface area contributed by atoms with Gasteiger partial charge in [-0.3, -0.25) is 0 Å². The molecule has 1 saturated heterocycles. The molecule has 1 aliphatic heterocycles. The molecule has 114 valence electrons.